The first-order chi connectivity index (χ1) is 10.0. The van der Waals surface area contributed by atoms with Gasteiger partial charge in [0.15, 0.2) is 0 Å². The summed E-state index contributed by atoms with van der Waals surface area (Å²) in [5.74, 6) is -0.0133. The molecule has 0 radical (unpaired) electrons. The zero-order valence-electron chi connectivity index (χ0n) is 11.7. The van der Waals surface area contributed by atoms with Gasteiger partial charge in [0.1, 0.15) is 0 Å². The predicted molar refractivity (Wildman–Crippen MR) is 86.5 cm³/mol. The van der Waals surface area contributed by atoms with Gasteiger partial charge in [-0.1, -0.05) is 36.0 Å². The number of aliphatic hydroxyl groups excluding tert-OH is 1. The van der Waals surface area contributed by atoms with Gasteiger partial charge in [0.25, 0.3) is 0 Å². The lowest BCUT2D eigenvalue weighted by atomic mass is 9.86. The molecule has 1 aliphatic carbocycles. The molecule has 0 aromatic heterocycles. The van der Waals surface area contributed by atoms with Crippen LogP contribution in [-0.2, 0) is 4.79 Å². The monoisotopic (exact) mass is 327 g/mol. The topological polar surface area (TPSA) is 49.3 Å². The van der Waals surface area contributed by atoms with E-state index in [9.17, 15) is 9.90 Å². The van der Waals surface area contributed by atoms with Gasteiger partial charge in [-0.3, -0.25) is 4.79 Å². The van der Waals surface area contributed by atoms with Gasteiger partial charge in [-0.2, -0.15) is 0 Å². The third-order valence-electron chi connectivity index (χ3n) is 3.72. The van der Waals surface area contributed by atoms with E-state index in [2.05, 4.69) is 5.32 Å². The van der Waals surface area contributed by atoms with Crippen molar-refractivity contribution in [1.82, 2.24) is 5.32 Å². The fraction of sp³-hybridized carbons (Fsp3) is 0.438. The summed E-state index contributed by atoms with van der Waals surface area (Å²) in [6, 6.07) is 5.12. The summed E-state index contributed by atoms with van der Waals surface area (Å²) in [4.78, 5) is 11.8. The number of carbonyl (C=O) groups is 1. The van der Waals surface area contributed by atoms with Crippen molar-refractivity contribution in [2.45, 2.75) is 31.8 Å². The van der Waals surface area contributed by atoms with E-state index in [1.54, 1.807) is 24.3 Å². The molecule has 0 spiro atoms. The molecule has 1 fully saturated rings. The van der Waals surface area contributed by atoms with Gasteiger partial charge in [-0.25, -0.2) is 0 Å². The normalized spacial score (nSPS) is 22.4. The van der Waals surface area contributed by atoms with Gasteiger partial charge < -0.3 is 10.4 Å². The Hall–Kier alpha value is -1.03. The Morgan fingerprint density at radius 3 is 2.57 bits per heavy atom. The van der Waals surface area contributed by atoms with E-state index in [-0.39, 0.29) is 17.9 Å². The molecule has 2 rings (SSSR count). The van der Waals surface area contributed by atoms with Crippen LogP contribution in [-0.4, -0.2) is 23.7 Å². The van der Waals surface area contributed by atoms with Crippen molar-refractivity contribution in [2.24, 2.45) is 5.92 Å². The van der Waals surface area contributed by atoms with Crippen LogP contribution in [0, 0.1) is 5.92 Å². The molecule has 1 aromatic rings. The first kappa shape index (κ1) is 16.3. The van der Waals surface area contributed by atoms with E-state index >= 15 is 0 Å². The smallest absolute Gasteiger partial charge is 0.244 e. The molecule has 1 saturated carbocycles. The minimum Gasteiger partial charge on any atom is -0.393 e. The minimum absolute atomic E-state index is 0.164. The predicted octanol–water partition coefficient (Wildman–Crippen LogP) is 3.67. The molecular formula is C16H19Cl2NO2. The second-order valence-electron chi connectivity index (χ2n) is 5.39. The lowest BCUT2D eigenvalue weighted by Gasteiger charge is -2.27. The van der Waals surface area contributed by atoms with Gasteiger partial charge in [0, 0.05) is 28.6 Å². The molecule has 0 bridgehead atoms. The molecule has 3 nitrogen and oxygen atoms in total. The summed E-state index contributed by atoms with van der Waals surface area (Å²) in [6.07, 6.45) is 6.82. The molecular weight excluding hydrogens is 309 g/mol. The number of amides is 1. The second-order valence-corrected chi connectivity index (χ2v) is 6.27. The van der Waals surface area contributed by atoms with Crippen LogP contribution in [0.4, 0.5) is 0 Å². The largest absolute Gasteiger partial charge is 0.393 e. The quantitative estimate of drug-likeness (QED) is 0.829. The van der Waals surface area contributed by atoms with Crippen LogP contribution in [0.3, 0.4) is 0 Å². The number of halogens is 2. The Bertz CT molecular complexity index is 511. The number of carbonyl (C=O) groups excluding carboxylic acids is 1. The summed E-state index contributed by atoms with van der Waals surface area (Å²) in [5.41, 5.74) is 0.778. The Labute approximate surface area is 134 Å². The minimum atomic E-state index is -0.297. The highest BCUT2D eigenvalue weighted by Gasteiger charge is 2.22. The Morgan fingerprint density at radius 2 is 1.90 bits per heavy atom. The van der Waals surface area contributed by atoms with Crippen LogP contribution < -0.4 is 5.32 Å². The maximum atomic E-state index is 11.8. The lowest BCUT2D eigenvalue weighted by molar-refractivity contribution is -0.116. The zero-order valence-corrected chi connectivity index (χ0v) is 13.2. The van der Waals surface area contributed by atoms with Crippen molar-refractivity contribution in [2.75, 3.05) is 6.54 Å². The highest BCUT2D eigenvalue weighted by molar-refractivity contribution is 6.34. The van der Waals surface area contributed by atoms with Gasteiger partial charge in [0.2, 0.25) is 5.91 Å². The molecule has 1 aromatic carbocycles. The van der Waals surface area contributed by atoms with E-state index in [1.807, 2.05) is 0 Å². The number of rotatable bonds is 4. The van der Waals surface area contributed by atoms with Crippen LogP contribution >= 0.6 is 23.2 Å². The van der Waals surface area contributed by atoms with Gasteiger partial charge >= 0.3 is 0 Å². The van der Waals surface area contributed by atoms with Crippen molar-refractivity contribution >= 4 is 35.2 Å². The molecule has 1 amide bonds. The first-order valence-electron chi connectivity index (χ1n) is 7.14. The Kier molecular flexibility index (Phi) is 6.09. The van der Waals surface area contributed by atoms with Crippen molar-refractivity contribution in [3.63, 3.8) is 0 Å². The number of benzene rings is 1. The number of hydrogen-bond donors (Lipinski definition) is 2. The molecule has 2 N–H and O–H groups in total. The van der Waals surface area contributed by atoms with Gasteiger partial charge in [0.05, 0.1) is 6.10 Å². The molecule has 2 unspecified atom stereocenters. The summed E-state index contributed by atoms with van der Waals surface area (Å²) in [6.45, 7) is 0.515. The van der Waals surface area contributed by atoms with Crippen molar-refractivity contribution < 1.29 is 9.90 Å². The fourth-order valence-corrected chi connectivity index (χ4v) is 3.10. The molecule has 0 saturated heterocycles. The van der Waals surface area contributed by atoms with E-state index in [0.717, 1.165) is 31.2 Å². The maximum absolute atomic E-state index is 11.8. The van der Waals surface area contributed by atoms with E-state index < -0.39 is 0 Å². The van der Waals surface area contributed by atoms with Gasteiger partial charge in [-0.05, 0) is 42.7 Å². The third kappa shape index (κ3) is 5.34. The molecule has 0 heterocycles. The van der Waals surface area contributed by atoms with E-state index in [1.165, 1.54) is 6.08 Å². The number of aliphatic hydroxyl groups is 1. The maximum Gasteiger partial charge on any atom is 0.244 e. The van der Waals surface area contributed by atoms with E-state index in [0.29, 0.717) is 16.6 Å². The molecule has 2 atom stereocenters. The van der Waals surface area contributed by atoms with Crippen LogP contribution in [0.1, 0.15) is 31.2 Å². The number of hydrogen-bond acceptors (Lipinski definition) is 2. The zero-order chi connectivity index (χ0) is 15.2. The standard InChI is InChI=1S/C16H19Cl2NO2/c17-13-7-11(8-14(18)9-13)5-6-16(21)19-10-12-3-1-2-4-15(12)20/h5-9,12,15,20H,1-4,10H2,(H,19,21). The Balaban J connectivity index is 1.84. The first-order valence-corrected chi connectivity index (χ1v) is 7.90. The average Bonchev–Trinajstić information content (AvgIpc) is 2.43. The SMILES string of the molecule is O=C(C=Cc1cc(Cl)cc(Cl)c1)NCC1CCCCC1O. The third-order valence-corrected chi connectivity index (χ3v) is 4.16. The van der Waals surface area contributed by atoms with Crippen molar-refractivity contribution in [1.29, 1.82) is 0 Å². The summed E-state index contributed by atoms with van der Waals surface area (Å²) in [7, 11) is 0. The van der Waals surface area contributed by atoms with Crippen LogP contribution in [0.5, 0.6) is 0 Å². The average molecular weight is 328 g/mol. The molecule has 5 heteroatoms. The van der Waals surface area contributed by atoms with Crippen molar-refractivity contribution in [3.05, 3.63) is 39.9 Å². The fourth-order valence-electron chi connectivity index (χ4n) is 2.56. The van der Waals surface area contributed by atoms with Crippen LogP contribution in [0.2, 0.25) is 10.0 Å². The summed E-state index contributed by atoms with van der Waals surface area (Å²) >= 11 is 11.8. The lowest BCUT2D eigenvalue weighted by Crippen LogP contribution is -2.36. The molecule has 21 heavy (non-hydrogen) atoms. The van der Waals surface area contributed by atoms with Crippen LogP contribution in [0.25, 0.3) is 6.08 Å². The number of nitrogens with one attached hydrogen (secondary N) is 1. The summed E-state index contributed by atoms with van der Waals surface area (Å²) in [5, 5.41) is 13.8. The highest BCUT2D eigenvalue weighted by atomic mass is 35.5. The molecule has 1 aliphatic rings. The molecule has 0 aliphatic heterocycles. The van der Waals surface area contributed by atoms with E-state index in [4.69, 9.17) is 23.2 Å². The molecule has 114 valence electrons. The summed E-state index contributed by atoms with van der Waals surface area (Å²) < 4.78 is 0. The Morgan fingerprint density at radius 1 is 1.24 bits per heavy atom. The van der Waals surface area contributed by atoms with Gasteiger partial charge in [-0.15, -0.1) is 0 Å². The highest BCUT2D eigenvalue weighted by Crippen LogP contribution is 2.23. The van der Waals surface area contributed by atoms with Crippen LogP contribution in [0.15, 0.2) is 24.3 Å². The van der Waals surface area contributed by atoms with Crippen molar-refractivity contribution in [3.8, 4) is 0 Å². The second kappa shape index (κ2) is 7.83.